The molecule has 2 aliphatic heterocycles. The van der Waals surface area contributed by atoms with Crippen molar-refractivity contribution in [2.45, 2.75) is 78.6 Å². The van der Waals surface area contributed by atoms with E-state index in [0.29, 0.717) is 28.3 Å². The first kappa shape index (κ1) is 41.2. The maximum absolute atomic E-state index is 9.45. The zero-order chi connectivity index (χ0) is 61.9. The molecule has 0 amide bonds. The molecule has 9 aromatic carbocycles. The maximum atomic E-state index is 9.45. The molecular weight excluding hydrogens is 1130 g/mol. The zero-order valence-electron chi connectivity index (χ0n) is 55.1. The number of benzene rings is 9. The van der Waals surface area contributed by atoms with Crippen molar-refractivity contribution in [1.82, 2.24) is 4.98 Å². The van der Waals surface area contributed by atoms with Gasteiger partial charge in [-0.25, -0.2) is 4.98 Å². The molecule has 0 saturated heterocycles. The van der Waals surface area contributed by atoms with E-state index in [0.717, 1.165) is 56.4 Å². The number of rotatable bonds is 8. The van der Waals surface area contributed by atoms with Gasteiger partial charge >= 0.3 is 0 Å². The number of anilines is 10. The summed E-state index contributed by atoms with van der Waals surface area (Å²) in [4.78, 5) is 13.2. The van der Waals surface area contributed by atoms with Gasteiger partial charge in [0, 0.05) is 66.7 Å². The standard InChI is InChI=1S/C72H64N5.Pt/c1-70(2,3)51-36-38-60-58-31-19-20-32-59(58)61-39-37-55(47-67(61)77(66(60)45-51)68-35-23-24-40-73-68)76(54-29-17-12-18-30-54)57-42-52(71(4,5)6)41-56(46-57)74-48-75(65-34-22-21-33-64(65)74)69-62(49-25-13-10-14-26-49)43-53(72(7,8)9)44-63(69)50-27-15-11-16-28-50;/h10-45,48H,1-9H3;/q-3;/i10D,11D,13D,14D,15D,16D,25D,26D,27D,28D;. The topological polar surface area (TPSA) is 25.9 Å². The molecule has 0 bridgehead atoms. The van der Waals surface area contributed by atoms with Gasteiger partial charge < -0.3 is 19.6 Å². The van der Waals surface area contributed by atoms with E-state index in [1.54, 1.807) is 12.1 Å². The number of pyridine rings is 1. The number of para-hydroxylation sites is 3. The summed E-state index contributed by atoms with van der Waals surface area (Å²) in [6.07, 6.45) is 1.82. The minimum atomic E-state index is -0.652. The predicted octanol–water partition coefficient (Wildman–Crippen LogP) is 19.9. The van der Waals surface area contributed by atoms with Crippen LogP contribution in [0.4, 0.5) is 57.0 Å². The van der Waals surface area contributed by atoms with Gasteiger partial charge in [-0.3, -0.25) is 0 Å². The molecule has 6 heteroatoms. The van der Waals surface area contributed by atoms with Crippen LogP contribution >= 0.6 is 0 Å². The summed E-state index contributed by atoms with van der Waals surface area (Å²) in [5.74, 6) is 0.729. The van der Waals surface area contributed by atoms with E-state index in [1.165, 1.54) is 5.56 Å². The van der Waals surface area contributed by atoms with Gasteiger partial charge in [0.1, 0.15) is 5.82 Å². The molecule has 0 aliphatic carbocycles. The molecule has 0 saturated carbocycles. The van der Waals surface area contributed by atoms with Crippen molar-refractivity contribution in [1.29, 1.82) is 0 Å². The Morgan fingerprint density at radius 1 is 0.462 bits per heavy atom. The zero-order valence-corrected chi connectivity index (χ0v) is 47.4. The van der Waals surface area contributed by atoms with Crippen LogP contribution in [-0.2, 0) is 37.3 Å². The van der Waals surface area contributed by atoms with Crippen molar-refractivity contribution in [3.8, 4) is 44.5 Å². The van der Waals surface area contributed by atoms with E-state index in [-0.39, 0.29) is 54.4 Å². The van der Waals surface area contributed by atoms with E-state index in [4.69, 9.17) is 13.2 Å². The first-order chi connectivity index (χ1) is 41.2. The van der Waals surface area contributed by atoms with Gasteiger partial charge in [0.25, 0.3) is 0 Å². The van der Waals surface area contributed by atoms with Gasteiger partial charge in [-0.15, -0.1) is 53.8 Å². The molecule has 0 spiro atoms. The van der Waals surface area contributed by atoms with Crippen LogP contribution in [0.5, 0.6) is 0 Å². The fourth-order valence-corrected chi connectivity index (χ4v) is 10.4. The van der Waals surface area contributed by atoms with Crippen LogP contribution in [0.25, 0.3) is 44.5 Å². The van der Waals surface area contributed by atoms with Crippen LogP contribution in [0.15, 0.2) is 218 Å². The van der Waals surface area contributed by atoms with Crippen molar-refractivity contribution in [3.05, 3.63) is 254 Å². The monoisotopic (exact) mass is 1200 g/mol. The molecule has 0 unspecified atom stereocenters. The Labute approximate surface area is 490 Å². The molecule has 5 nitrogen and oxygen atoms in total. The Balaban J connectivity index is 0.00000800. The summed E-state index contributed by atoms with van der Waals surface area (Å²) in [5, 5.41) is 0. The molecule has 12 rings (SSSR count). The smallest absolute Gasteiger partial charge is 0.135 e. The Bertz CT molecular complexity index is 4270. The summed E-state index contributed by atoms with van der Waals surface area (Å²) in [6, 6.07) is 53.9. The van der Waals surface area contributed by atoms with Gasteiger partial charge in [0.15, 0.2) is 0 Å². The minimum absolute atomic E-state index is 0. The molecule has 2 aliphatic rings. The van der Waals surface area contributed by atoms with Crippen molar-refractivity contribution >= 4 is 57.0 Å². The molecule has 0 radical (unpaired) electrons. The predicted molar refractivity (Wildman–Crippen MR) is 324 cm³/mol. The van der Waals surface area contributed by atoms with Crippen molar-refractivity contribution in [2.24, 2.45) is 0 Å². The number of fused-ring (bicyclic) bond motifs is 6. The summed E-state index contributed by atoms with van der Waals surface area (Å²) < 4.78 is 90.8. The van der Waals surface area contributed by atoms with Crippen molar-refractivity contribution in [3.63, 3.8) is 0 Å². The van der Waals surface area contributed by atoms with Crippen LogP contribution in [0, 0.1) is 18.8 Å². The van der Waals surface area contributed by atoms with Crippen LogP contribution < -0.4 is 19.6 Å². The first-order valence-electron chi connectivity index (χ1n) is 31.0. The Morgan fingerprint density at radius 2 is 1.01 bits per heavy atom. The van der Waals surface area contributed by atoms with Crippen molar-refractivity contribution in [2.75, 3.05) is 19.6 Å². The van der Waals surface area contributed by atoms with E-state index >= 15 is 0 Å². The molecule has 0 fully saturated rings. The van der Waals surface area contributed by atoms with Crippen LogP contribution in [-0.4, -0.2) is 4.98 Å². The second-order valence-electron chi connectivity index (χ2n) is 22.7. The normalized spacial score (nSPS) is 14.8. The van der Waals surface area contributed by atoms with E-state index < -0.39 is 71.3 Å². The summed E-state index contributed by atoms with van der Waals surface area (Å²) in [6.45, 7) is 20.9. The Morgan fingerprint density at radius 3 is 1.62 bits per heavy atom. The van der Waals surface area contributed by atoms with Gasteiger partial charge in [-0.05, 0) is 98.7 Å². The quantitative estimate of drug-likeness (QED) is 0.141. The first-order valence-corrected chi connectivity index (χ1v) is 26.0. The van der Waals surface area contributed by atoms with E-state index in [1.807, 2.05) is 104 Å². The van der Waals surface area contributed by atoms with E-state index in [9.17, 15) is 5.48 Å². The Hall–Kier alpha value is -7.98. The molecule has 390 valence electrons. The summed E-state index contributed by atoms with van der Waals surface area (Å²) in [5.41, 5.74) is 12.1. The molecule has 0 N–H and O–H groups in total. The SMILES string of the molecule is [2H]c1c([2H])c([2H])c(-c2cc(C(C)(C)C)cc(-c3c([2H])c([2H])c([2H])c([2H])c3[2H])c2N2[CH-]N(c3[c-]c(N(c4[c-]c5c(cc4)-c4ccccc4-c4ccc(C(C)(C)C)cc4N5c4ccccn4)c4ccccc4)cc(C(C)(C)C)c3)c3ccccc32)c([2H])c1[2H].[Pt]. The Kier molecular flexibility index (Phi) is 10.8. The minimum Gasteiger partial charge on any atom is -0.493 e. The van der Waals surface area contributed by atoms with Gasteiger partial charge in [0.2, 0.25) is 0 Å². The fraction of sp³-hybridized carbons (Fsp3) is 0.167. The number of aromatic nitrogens is 1. The summed E-state index contributed by atoms with van der Waals surface area (Å²) >= 11 is 0. The molecule has 78 heavy (non-hydrogen) atoms. The number of hydrogen-bond acceptors (Lipinski definition) is 5. The molecule has 1 aromatic heterocycles. The molecule has 3 heterocycles. The van der Waals surface area contributed by atoms with Gasteiger partial charge in [-0.2, -0.15) is 6.07 Å². The average molecular weight is 1200 g/mol. The molecule has 0 atom stereocenters. The van der Waals surface area contributed by atoms with Crippen LogP contribution in [0.1, 0.15) is 92.7 Å². The second-order valence-corrected chi connectivity index (χ2v) is 22.7. The third kappa shape index (κ3) is 9.64. The van der Waals surface area contributed by atoms with Crippen LogP contribution in [0.2, 0.25) is 0 Å². The average Bonchev–Trinajstić information content (AvgIpc) is 1.73. The third-order valence-electron chi connectivity index (χ3n) is 14.5. The molecular formula is C72H64N5Pt-3. The fourth-order valence-electron chi connectivity index (χ4n) is 10.4. The largest absolute Gasteiger partial charge is 0.493 e. The van der Waals surface area contributed by atoms with Crippen LogP contribution in [0.3, 0.4) is 0 Å². The van der Waals surface area contributed by atoms with Gasteiger partial charge in [-0.1, -0.05) is 218 Å². The summed E-state index contributed by atoms with van der Waals surface area (Å²) in [7, 11) is 0. The van der Waals surface area contributed by atoms with Crippen molar-refractivity contribution < 1.29 is 34.8 Å². The second kappa shape index (κ2) is 20.4. The van der Waals surface area contributed by atoms with Gasteiger partial charge in [0.05, 0.1) is 19.4 Å². The maximum Gasteiger partial charge on any atom is 0.135 e. The molecule has 10 aromatic rings. The third-order valence-corrected chi connectivity index (χ3v) is 14.5. The number of hydrogen-bond donors (Lipinski definition) is 0. The van der Waals surface area contributed by atoms with E-state index in [2.05, 4.69) is 142 Å². The number of nitrogens with zero attached hydrogens (tertiary/aromatic N) is 5.